The standard InChI is InChI=1S/C20H22N8O2S/c1-4-28-15(3)20(14(2)25-28)31(29,30)26-17-7-5-16(6-8-17)24-18-11-19(23-12-22-18)27-10-9-21-13-27/h5-13,26H,4H2,1-3H3,(H,22,23,24). The summed E-state index contributed by atoms with van der Waals surface area (Å²) in [5.74, 6) is 1.28. The van der Waals surface area contributed by atoms with Crippen molar-refractivity contribution < 1.29 is 8.42 Å². The Morgan fingerprint density at radius 1 is 1.06 bits per heavy atom. The minimum Gasteiger partial charge on any atom is -0.340 e. The van der Waals surface area contributed by atoms with Crippen molar-refractivity contribution in [2.75, 3.05) is 10.0 Å². The maximum Gasteiger partial charge on any atom is 0.265 e. The highest BCUT2D eigenvalue weighted by Crippen LogP contribution is 2.24. The lowest BCUT2D eigenvalue weighted by molar-refractivity contribution is 0.598. The van der Waals surface area contributed by atoms with Gasteiger partial charge in [0.2, 0.25) is 0 Å². The van der Waals surface area contributed by atoms with E-state index >= 15 is 0 Å². The number of benzene rings is 1. The molecule has 0 bridgehead atoms. The number of nitrogens with zero attached hydrogens (tertiary/aromatic N) is 6. The Morgan fingerprint density at radius 3 is 2.45 bits per heavy atom. The van der Waals surface area contributed by atoms with Gasteiger partial charge in [0.05, 0.1) is 11.4 Å². The Kier molecular flexibility index (Phi) is 5.42. The molecule has 0 aliphatic heterocycles. The van der Waals surface area contributed by atoms with Crippen molar-refractivity contribution in [3.8, 4) is 5.82 Å². The summed E-state index contributed by atoms with van der Waals surface area (Å²) in [6.07, 6.45) is 6.58. The van der Waals surface area contributed by atoms with Crippen LogP contribution in [0.1, 0.15) is 18.3 Å². The Morgan fingerprint density at radius 2 is 1.81 bits per heavy atom. The molecule has 0 amide bonds. The lowest BCUT2D eigenvalue weighted by Gasteiger charge is -2.11. The van der Waals surface area contributed by atoms with Gasteiger partial charge in [-0.25, -0.2) is 23.4 Å². The van der Waals surface area contributed by atoms with Crippen molar-refractivity contribution in [3.05, 3.63) is 66.8 Å². The topological polar surface area (TPSA) is 120 Å². The van der Waals surface area contributed by atoms with Gasteiger partial charge in [-0.15, -0.1) is 0 Å². The van der Waals surface area contributed by atoms with Gasteiger partial charge < -0.3 is 5.32 Å². The largest absolute Gasteiger partial charge is 0.340 e. The van der Waals surface area contributed by atoms with Gasteiger partial charge in [0, 0.05) is 36.4 Å². The lowest BCUT2D eigenvalue weighted by atomic mass is 10.3. The Balaban J connectivity index is 1.50. The van der Waals surface area contributed by atoms with E-state index in [1.807, 2.05) is 6.92 Å². The molecular weight excluding hydrogens is 416 g/mol. The van der Waals surface area contributed by atoms with Crippen LogP contribution in [0, 0.1) is 13.8 Å². The van der Waals surface area contributed by atoms with Crippen LogP contribution in [0.25, 0.3) is 5.82 Å². The molecule has 0 aliphatic rings. The molecule has 2 N–H and O–H groups in total. The van der Waals surface area contributed by atoms with Crippen LogP contribution in [0.4, 0.5) is 17.2 Å². The van der Waals surface area contributed by atoms with Gasteiger partial charge in [0.1, 0.15) is 29.2 Å². The zero-order chi connectivity index (χ0) is 22.0. The van der Waals surface area contributed by atoms with Crippen LogP contribution in [0.3, 0.4) is 0 Å². The second-order valence-corrected chi connectivity index (χ2v) is 8.47. The summed E-state index contributed by atoms with van der Waals surface area (Å²) in [4.78, 5) is 12.7. The molecular formula is C20H22N8O2S. The average molecular weight is 439 g/mol. The van der Waals surface area contributed by atoms with Crippen molar-refractivity contribution in [2.24, 2.45) is 0 Å². The summed E-state index contributed by atoms with van der Waals surface area (Å²) in [7, 11) is -3.75. The van der Waals surface area contributed by atoms with E-state index in [-0.39, 0.29) is 4.90 Å². The number of hydrogen-bond donors (Lipinski definition) is 2. The number of rotatable bonds is 7. The van der Waals surface area contributed by atoms with E-state index in [0.29, 0.717) is 35.3 Å². The molecule has 1 aromatic carbocycles. The molecule has 0 saturated heterocycles. The first-order valence-electron chi connectivity index (χ1n) is 9.61. The lowest BCUT2D eigenvalue weighted by Crippen LogP contribution is -2.15. The minimum absolute atomic E-state index is 0.213. The van der Waals surface area contributed by atoms with Crippen LogP contribution < -0.4 is 10.0 Å². The first-order valence-corrected chi connectivity index (χ1v) is 11.1. The monoisotopic (exact) mass is 438 g/mol. The molecule has 0 unspecified atom stereocenters. The van der Waals surface area contributed by atoms with Crippen LogP contribution in [0.15, 0.2) is 60.3 Å². The van der Waals surface area contributed by atoms with Crippen molar-refractivity contribution >= 4 is 27.2 Å². The SMILES string of the molecule is CCn1nc(C)c(S(=O)(=O)Nc2ccc(Nc3cc(-n4ccnc4)ncn3)cc2)c1C. The number of hydrogen-bond acceptors (Lipinski definition) is 7. The summed E-state index contributed by atoms with van der Waals surface area (Å²) < 4.78 is 31.9. The highest BCUT2D eigenvalue weighted by Gasteiger charge is 2.24. The Labute approximate surface area is 180 Å². The quantitative estimate of drug-likeness (QED) is 0.455. The molecule has 10 nitrogen and oxygen atoms in total. The Bertz CT molecular complexity index is 1300. The third kappa shape index (κ3) is 4.26. The number of sulfonamides is 1. The number of aromatic nitrogens is 6. The predicted molar refractivity (Wildman–Crippen MR) is 117 cm³/mol. The van der Waals surface area contributed by atoms with E-state index in [0.717, 1.165) is 5.69 Å². The minimum atomic E-state index is -3.75. The van der Waals surface area contributed by atoms with E-state index in [1.165, 1.54) is 6.33 Å². The van der Waals surface area contributed by atoms with Crippen molar-refractivity contribution in [3.63, 3.8) is 0 Å². The highest BCUT2D eigenvalue weighted by atomic mass is 32.2. The van der Waals surface area contributed by atoms with Crippen LogP contribution >= 0.6 is 0 Å². The fraction of sp³-hybridized carbons (Fsp3) is 0.200. The molecule has 0 aliphatic carbocycles. The second kappa shape index (κ2) is 8.19. The fourth-order valence-corrected chi connectivity index (χ4v) is 4.78. The first-order chi connectivity index (χ1) is 14.9. The molecule has 0 radical (unpaired) electrons. The summed E-state index contributed by atoms with van der Waals surface area (Å²) in [5.41, 5.74) is 2.30. The summed E-state index contributed by atoms with van der Waals surface area (Å²) in [6, 6.07) is 8.70. The summed E-state index contributed by atoms with van der Waals surface area (Å²) >= 11 is 0. The van der Waals surface area contributed by atoms with Gasteiger partial charge in [-0.1, -0.05) is 0 Å². The van der Waals surface area contributed by atoms with E-state index < -0.39 is 10.0 Å². The zero-order valence-corrected chi connectivity index (χ0v) is 18.1. The van der Waals surface area contributed by atoms with E-state index in [4.69, 9.17) is 0 Å². The number of anilines is 3. The van der Waals surface area contributed by atoms with Crippen molar-refractivity contribution in [1.29, 1.82) is 0 Å². The molecule has 11 heteroatoms. The molecule has 4 rings (SSSR count). The first kappa shape index (κ1) is 20.5. The molecule has 0 atom stereocenters. The maximum atomic E-state index is 12.9. The smallest absolute Gasteiger partial charge is 0.265 e. The predicted octanol–water partition coefficient (Wildman–Crippen LogP) is 3.04. The van der Waals surface area contributed by atoms with E-state index in [2.05, 4.69) is 30.1 Å². The molecule has 3 heterocycles. The summed E-state index contributed by atoms with van der Waals surface area (Å²) in [5, 5.41) is 7.47. The normalized spacial score (nSPS) is 11.5. The van der Waals surface area contributed by atoms with Gasteiger partial charge in [-0.3, -0.25) is 14.0 Å². The van der Waals surface area contributed by atoms with Gasteiger partial charge in [-0.05, 0) is 45.0 Å². The number of imidazole rings is 1. The second-order valence-electron chi connectivity index (χ2n) is 6.85. The molecule has 160 valence electrons. The number of aryl methyl sites for hydroxylation is 2. The molecule has 3 aromatic heterocycles. The molecule has 4 aromatic rings. The average Bonchev–Trinajstić information content (AvgIpc) is 3.37. The third-order valence-electron chi connectivity index (χ3n) is 4.71. The van der Waals surface area contributed by atoms with Gasteiger partial charge in [0.25, 0.3) is 10.0 Å². The van der Waals surface area contributed by atoms with E-state index in [1.54, 1.807) is 72.1 Å². The fourth-order valence-electron chi connectivity index (χ4n) is 3.30. The van der Waals surface area contributed by atoms with Gasteiger partial charge >= 0.3 is 0 Å². The maximum absolute atomic E-state index is 12.9. The van der Waals surface area contributed by atoms with Crippen LogP contribution in [-0.4, -0.2) is 37.7 Å². The van der Waals surface area contributed by atoms with Crippen LogP contribution in [0.2, 0.25) is 0 Å². The number of nitrogens with one attached hydrogen (secondary N) is 2. The molecule has 0 saturated carbocycles. The molecule has 0 spiro atoms. The Hall–Kier alpha value is -3.73. The highest BCUT2D eigenvalue weighted by molar-refractivity contribution is 7.92. The van der Waals surface area contributed by atoms with E-state index in [9.17, 15) is 8.42 Å². The van der Waals surface area contributed by atoms with Crippen molar-refractivity contribution in [1.82, 2.24) is 29.3 Å². The van der Waals surface area contributed by atoms with Crippen LogP contribution in [-0.2, 0) is 16.6 Å². The van der Waals surface area contributed by atoms with Crippen molar-refractivity contribution in [2.45, 2.75) is 32.2 Å². The van der Waals surface area contributed by atoms with Gasteiger partial charge in [0.15, 0.2) is 0 Å². The third-order valence-corrected chi connectivity index (χ3v) is 6.35. The molecule has 31 heavy (non-hydrogen) atoms. The molecule has 0 fully saturated rings. The van der Waals surface area contributed by atoms with Crippen LogP contribution in [0.5, 0.6) is 0 Å². The summed E-state index contributed by atoms with van der Waals surface area (Å²) in [6.45, 7) is 5.98. The zero-order valence-electron chi connectivity index (χ0n) is 17.3. The van der Waals surface area contributed by atoms with Gasteiger partial charge in [-0.2, -0.15) is 5.10 Å².